The van der Waals surface area contributed by atoms with Crippen molar-refractivity contribution in [1.82, 2.24) is 4.90 Å². The molecule has 0 atom stereocenters. The van der Waals surface area contributed by atoms with Crippen LogP contribution in [0.1, 0.15) is 36.7 Å². The van der Waals surface area contributed by atoms with Crippen molar-refractivity contribution < 1.29 is 9.53 Å². The highest BCUT2D eigenvalue weighted by molar-refractivity contribution is 5.97. The molecular formula is C14H21NO2. The first-order chi connectivity index (χ1) is 8.17. The Labute approximate surface area is 103 Å². The predicted molar refractivity (Wildman–Crippen MR) is 69.6 cm³/mol. The van der Waals surface area contributed by atoms with Crippen LogP contribution >= 0.6 is 0 Å². The van der Waals surface area contributed by atoms with Crippen LogP contribution in [0.5, 0.6) is 5.75 Å². The lowest BCUT2D eigenvalue weighted by Crippen LogP contribution is -2.30. The van der Waals surface area contributed by atoms with Crippen LogP contribution in [0.25, 0.3) is 0 Å². The van der Waals surface area contributed by atoms with Gasteiger partial charge in [0.25, 0.3) is 5.91 Å². The predicted octanol–water partition coefficient (Wildman–Crippen LogP) is 2.74. The molecule has 0 fully saturated rings. The first-order valence-corrected chi connectivity index (χ1v) is 6.14. The highest BCUT2D eigenvalue weighted by atomic mass is 16.5. The third-order valence-electron chi connectivity index (χ3n) is 2.95. The Kier molecular flexibility index (Phi) is 5.01. The molecule has 0 aliphatic heterocycles. The maximum atomic E-state index is 12.3. The normalized spacial score (nSPS) is 10.1. The average molecular weight is 235 g/mol. The van der Waals surface area contributed by atoms with Crippen LogP contribution in [-0.4, -0.2) is 31.0 Å². The van der Waals surface area contributed by atoms with Crippen LogP contribution in [0.3, 0.4) is 0 Å². The van der Waals surface area contributed by atoms with Gasteiger partial charge in [-0.05, 0) is 38.0 Å². The van der Waals surface area contributed by atoms with Gasteiger partial charge in [0.15, 0.2) is 0 Å². The number of carbonyl (C=O) groups is 1. The van der Waals surface area contributed by atoms with Crippen molar-refractivity contribution in [2.75, 3.05) is 20.2 Å². The van der Waals surface area contributed by atoms with Crippen LogP contribution in [0.2, 0.25) is 0 Å². The van der Waals surface area contributed by atoms with Gasteiger partial charge in [-0.2, -0.15) is 0 Å². The number of benzene rings is 1. The SMILES string of the molecule is CCc1ccc(OC)c(C(=O)N(CC)CC)c1. The second-order valence-electron chi connectivity index (χ2n) is 3.87. The fourth-order valence-electron chi connectivity index (χ4n) is 1.82. The molecule has 1 aromatic rings. The molecule has 0 aliphatic rings. The molecule has 0 aliphatic carbocycles. The number of nitrogens with zero attached hydrogens (tertiary/aromatic N) is 1. The summed E-state index contributed by atoms with van der Waals surface area (Å²) in [5.41, 5.74) is 1.82. The standard InChI is InChI=1S/C14H21NO2/c1-5-11-8-9-13(17-4)12(10-11)14(16)15(6-2)7-3/h8-10H,5-7H2,1-4H3. The zero-order valence-electron chi connectivity index (χ0n) is 11.1. The van der Waals surface area contributed by atoms with Gasteiger partial charge in [-0.15, -0.1) is 0 Å². The van der Waals surface area contributed by atoms with Crippen molar-refractivity contribution in [2.24, 2.45) is 0 Å². The second-order valence-corrected chi connectivity index (χ2v) is 3.87. The lowest BCUT2D eigenvalue weighted by molar-refractivity contribution is 0.0769. The van der Waals surface area contributed by atoms with Gasteiger partial charge in [0.2, 0.25) is 0 Å². The van der Waals surface area contributed by atoms with Gasteiger partial charge in [-0.25, -0.2) is 0 Å². The fraction of sp³-hybridized carbons (Fsp3) is 0.500. The maximum Gasteiger partial charge on any atom is 0.257 e. The first kappa shape index (κ1) is 13.6. The first-order valence-electron chi connectivity index (χ1n) is 6.14. The van der Waals surface area contributed by atoms with Gasteiger partial charge in [0, 0.05) is 13.1 Å². The molecule has 1 aromatic carbocycles. The molecule has 3 heteroatoms. The third kappa shape index (κ3) is 2.99. The van der Waals surface area contributed by atoms with Gasteiger partial charge in [0.05, 0.1) is 12.7 Å². The number of ether oxygens (including phenoxy) is 1. The smallest absolute Gasteiger partial charge is 0.257 e. The Balaban J connectivity index is 3.13. The number of methoxy groups -OCH3 is 1. The summed E-state index contributed by atoms with van der Waals surface area (Å²) in [5, 5.41) is 0. The van der Waals surface area contributed by atoms with Gasteiger partial charge in [-0.1, -0.05) is 13.0 Å². The zero-order valence-corrected chi connectivity index (χ0v) is 11.1. The summed E-state index contributed by atoms with van der Waals surface area (Å²) in [4.78, 5) is 14.1. The van der Waals surface area contributed by atoms with E-state index in [2.05, 4.69) is 6.92 Å². The van der Waals surface area contributed by atoms with Gasteiger partial charge in [-0.3, -0.25) is 4.79 Å². The molecule has 0 unspecified atom stereocenters. The lowest BCUT2D eigenvalue weighted by Gasteiger charge is -2.20. The van der Waals surface area contributed by atoms with Gasteiger partial charge < -0.3 is 9.64 Å². The molecule has 0 N–H and O–H groups in total. The zero-order chi connectivity index (χ0) is 12.8. The number of hydrogen-bond acceptors (Lipinski definition) is 2. The topological polar surface area (TPSA) is 29.5 Å². The molecule has 1 rings (SSSR count). The van der Waals surface area contributed by atoms with Crippen molar-refractivity contribution in [1.29, 1.82) is 0 Å². The summed E-state index contributed by atoms with van der Waals surface area (Å²) in [6.07, 6.45) is 0.919. The summed E-state index contributed by atoms with van der Waals surface area (Å²) in [5.74, 6) is 0.696. The Morgan fingerprint density at radius 1 is 1.24 bits per heavy atom. The second kappa shape index (κ2) is 6.28. The molecule has 0 bridgehead atoms. The Bertz CT molecular complexity index is 384. The number of amides is 1. The molecule has 0 aromatic heterocycles. The lowest BCUT2D eigenvalue weighted by atomic mass is 10.1. The van der Waals surface area contributed by atoms with E-state index in [-0.39, 0.29) is 5.91 Å². The highest BCUT2D eigenvalue weighted by Gasteiger charge is 2.17. The Morgan fingerprint density at radius 2 is 1.88 bits per heavy atom. The Hall–Kier alpha value is -1.51. The van der Waals surface area contributed by atoms with Gasteiger partial charge >= 0.3 is 0 Å². The van der Waals surface area contributed by atoms with E-state index < -0.39 is 0 Å². The molecule has 0 spiro atoms. The van der Waals surface area contributed by atoms with Crippen LogP contribution in [0.4, 0.5) is 0 Å². The van der Waals surface area contributed by atoms with E-state index in [1.165, 1.54) is 0 Å². The molecule has 0 heterocycles. The largest absolute Gasteiger partial charge is 0.496 e. The van der Waals surface area contributed by atoms with Crippen LogP contribution in [0.15, 0.2) is 18.2 Å². The van der Waals surface area contributed by atoms with Crippen molar-refractivity contribution in [2.45, 2.75) is 27.2 Å². The fourth-order valence-corrected chi connectivity index (χ4v) is 1.82. The van der Waals surface area contributed by atoms with Gasteiger partial charge in [0.1, 0.15) is 5.75 Å². The van der Waals surface area contributed by atoms with E-state index in [1.54, 1.807) is 12.0 Å². The molecule has 1 amide bonds. The van der Waals surface area contributed by atoms with Crippen molar-refractivity contribution in [3.8, 4) is 5.75 Å². The van der Waals surface area contributed by atoms with Crippen molar-refractivity contribution >= 4 is 5.91 Å². The number of rotatable bonds is 5. The number of carbonyl (C=O) groups excluding carboxylic acids is 1. The molecule has 0 saturated carbocycles. The molecular weight excluding hydrogens is 214 g/mol. The number of hydrogen-bond donors (Lipinski definition) is 0. The van der Waals surface area contributed by atoms with E-state index in [1.807, 2.05) is 32.0 Å². The average Bonchev–Trinajstić information content (AvgIpc) is 2.39. The maximum absolute atomic E-state index is 12.3. The molecule has 0 radical (unpaired) electrons. The molecule has 94 valence electrons. The van der Waals surface area contributed by atoms with E-state index in [9.17, 15) is 4.79 Å². The minimum Gasteiger partial charge on any atom is -0.496 e. The minimum absolute atomic E-state index is 0.0437. The summed E-state index contributed by atoms with van der Waals surface area (Å²) in [7, 11) is 1.60. The van der Waals surface area contributed by atoms with E-state index >= 15 is 0 Å². The van der Waals surface area contributed by atoms with Crippen molar-refractivity contribution in [3.63, 3.8) is 0 Å². The summed E-state index contributed by atoms with van der Waals surface area (Å²) in [6.45, 7) is 7.48. The summed E-state index contributed by atoms with van der Waals surface area (Å²) in [6, 6.07) is 5.80. The molecule has 17 heavy (non-hydrogen) atoms. The van der Waals surface area contributed by atoms with Crippen LogP contribution in [-0.2, 0) is 6.42 Å². The molecule has 0 saturated heterocycles. The quantitative estimate of drug-likeness (QED) is 0.785. The summed E-state index contributed by atoms with van der Waals surface area (Å²) < 4.78 is 5.26. The van der Waals surface area contributed by atoms with E-state index in [0.29, 0.717) is 11.3 Å². The van der Waals surface area contributed by atoms with E-state index in [0.717, 1.165) is 25.1 Å². The third-order valence-corrected chi connectivity index (χ3v) is 2.95. The summed E-state index contributed by atoms with van der Waals surface area (Å²) >= 11 is 0. The monoisotopic (exact) mass is 235 g/mol. The Morgan fingerprint density at radius 3 is 2.35 bits per heavy atom. The highest BCUT2D eigenvalue weighted by Crippen LogP contribution is 2.22. The van der Waals surface area contributed by atoms with Crippen LogP contribution in [0, 0.1) is 0 Å². The number of aryl methyl sites for hydroxylation is 1. The van der Waals surface area contributed by atoms with E-state index in [4.69, 9.17) is 4.74 Å². The van der Waals surface area contributed by atoms with Crippen LogP contribution < -0.4 is 4.74 Å². The van der Waals surface area contributed by atoms with Crippen molar-refractivity contribution in [3.05, 3.63) is 29.3 Å². The molecule has 3 nitrogen and oxygen atoms in total. The minimum atomic E-state index is 0.0437.